The van der Waals surface area contributed by atoms with Gasteiger partial charge in [0.1, 0.15) is 24.7 Å². The molecule has 5 heteroatoms. The molecule has 2 aromatic carbocycles. The molecule has 2 aromatic rings. The van der Waals surface area contributed by atoms with E-state index >= 15 is 0 Å². The van der Waals surface area contributed by atoms with Crippen molar-refractivity contribution in [3.63, 3.8) is 0 Å². The van der Waals surface area contributed by atoms with E-state index in [9.17, 15) is 9.90 Å². The maximum absolute atomic E-state index is 12.3. The fraction of sp³-hybridized carbons (Fsp3) is 0.118. The molecule has 0 saturated heterocycles. The molecule has 2 heterocycles. The molecule has 0 bridgehead atoms. The Morgan fingerprint density at radius 1 is 0.955 bits per heavy atom. The van der Waals surface area contributed by atoms with Crippen molar-refractivity contribution in [1.82, 2.24) is 0 Å². The van der Waals surface area contributed by atoms with Crippen molar-refractivity contribution < 1.29 is 24.1 Å². The molecule has 4 rings (SSSR count). The Bertz CT molecular complexity index is 807. The number of hydrogen-bond donors (Lipinski definition) is 1. The maximum Gasteiger partial charge on any atom is 0.231 e. The Morgan fingerprint density at radius 2 is 1.77 bits per heavy atom. The fourth-order valence-electron chi connectivity index (χ4n) is 2.48. The lowest BCUT2D eigenvalue weighted by atomic mass is 10.1. The summed E-state index contributed by atoms with van der Waals surface area (Å²) in [6.45, 7) is 1.04. The van der Waals surface area contributed by atoms with Gasteiger partial charge in [0.2, 0.25) is 5.78 Å². The summed E-state index contributed by atoms with van der Waals surface area (Å²) in [6, 6.07) is 9.89. The largest absolute Gasteiger partial charge is 0.508 e. The van der Waals surface area contributed by atoms with Crippen LogP contribution in [-0.2, 0) is 0 Å². The molecule has 2 aliphatic rings. The third-order valence-corrected chi connectivity index (χ3v) is 3.52. The standard InChI is InChI=1S/C17H12O5/c18-11-2-3-12-14(9-11)22-16(17(12)19)8-10-1-4-13-15(7-10)21-6-5-20-13/h1-4,7-9,18H,5-6H2/b16-8+. The second kappa shape index (κ2) is 4.80. The molecule has 0 spiro atoms. The van der Waals surface area contributed by atoms with Crippen LogP contribution < -0.4 is 14.2 Å². The van der Waals surface area contributed by atoms with Gasteiger partial charge in [-0.3, -0.25) is 4.79 Å². The number of carbonyl (C=O) groups excluding carboxylic acids is 1. The van der Waals surface area contributed by atoms with Gasteiger partial charge in [-0.15, -0.1) is 0 Å². The predicted molar refractivity (Wildman–Crippen MR) is 78.5 cm³/mol. The minimum atomic E-state index is -0.204. The zero-order valence-corrected chi connectivity index (χ0v) is 11.5. The van der Waals surface area contributed by atoms with Gasteiger partial charge in [0.05, 0.1) is 5.56 Å². The van der Waals surface area contributed by atoms with Crippen molar-refractivity contribution in [1.29, 1.82) is 0 Å². The molecule has 110 valence electrons. The van der Waals surface area contributed by atoms with Gasteiger partial charge >= 0.3 is 0 Å². The van der Waals surface area contributed by atoms with E-state index in [1.54, 1.807) is 24.3 Å². The van der Waals surface area contributed by atoms with Crippen LogP contribution in [0, 0.1) is 0 Å². The van der Waals surface area contributed by atoms with Crippen LogP contribution in [0.4, 0.5) is 0 Å². The number of fused-ring (bicyclic) bond motifs is 2. The lowest BCUT2D eigenvalue weighted by Gasteiger charge is -2.18. The van der Waals surface area contributed by atoms with Crippen LogP contribution in [-0.4, -0.2) is 24.1 Å². The van der Waals surface area contributed by atoms with Crippen molar-refractivity contribution >= 4 is 11.9 Å². The fourth-order valence-corrected chi connectivity index (χ4v) is 2.48. The number of ether oxygens (including phenoxy) is 3. The number of aromatic hydroxyl groups is 1. The van der Waals surface area contributed by atoms with Crippen molar-refractivity contribution in [2.24, 2.45) is 0 Å². The number of Topliss-reactive ketones (excluding diaryl/α,β-unsaturated/α-hetero) is 1. The van der Waals surface area contributed by atoms with Crippen LogP contribution in [0.15, 0.2) is 42.2 Å². The summed E-state index contributed by atoms with van der Waals surface area (Å²) in [7, 11) is 0. The number of hydrogen-bond acceptors (Lipinski definition) is 5. The molecule has 0 unspecified atom stereocenters. The van der Waals surface area contributed by atoms with Crippen molar-refractivity contribution in [3.8, 4) is 23.0 Å². The molecular weight excluding hydrogens is 284 g/mol. The molecule has 0 aromatic heterocycles. The van der Waals surface area contributed by atoms with E-state index in [2.05, 4.69) is 0 Å². The Balaban J connectivity index is 1.68. The third kappa shape index (κ3) is 2.07. The van der Waals surface area contributed by atoms with Crippen molar-refractivity contribution in [2.45, 2.75) is 0 Å². The summed E-state index contributed by atoms with van der Waals surface area (Å²) in [5, 5.41) is 9.45. The van der Waals surface area contributed by atoms with E-state index in [4.69, 9.17) is 14.2 Å². The van der Waals surface area contributed by atoms with Crippen LogP contribution in [0.1, 0.15) is 15.9 Å². The molecule has 0 aliphatic carbocycles. The van der Waals surface area contributed by atoms with E-state index in [0.717, 1.165) is 5.56 Å². The molecule has 2 aliphatic heterocycles. The molecule has 1 N–H and O–H groups in total. The van der Waals surface area contributed by atoms with E-state index in [1.165, 1.54) is 12.1 Å². The second-order valence-electron chi connectivity index (χ2n) is 5.02. The monoisotopic (exact) mass is 296 g/mol. The first-order valence-electron chi connectivity index (χ1n) is 6.87. The lowest BCUT2D eigenvalue weighted by molar-refractivity contribution is 0.101. The average molecular weight is 296 g/mol. The topological polar surface area (TPSA) is 65.0 Å². The van der Waals surface area contributed by atoms with Crippen LogP contribution in [0.2, 0.25) is 0 Å². The number of phenolic OH excluding ortho intramolecular Hbond substituents is 1. The first kappa shape index (κ1) is 12.8. The Hall–Kier alpha value is -2.95. The number of rotatable bonds is 1. The van der Waals surface area contributed by atoms with Gasteiger partial charge in [0.15, 0.2) is 17.3 Å². The summed E-state index contributed by atoms with van der Waals surface area (Å²) in [6.07, 6.45) is 1.65. The highest BCUT2D eigenvalue weighted by atomic mass is 16.6. The number of allylic oxidation sites excluding steroid dienone is 1. The Labute approximate surface area is 126 Å². The predicted octanol–water partition coefficient (Wildman–Crippen LogP) is 2.78. The van der Waals surface area contributed by atoms with Crippen molar-refractivity contribution in [3.05, 3.63) is 53.3 Å². The smallest absolute Gasteiger partial charge is 0.231 e. The van der Waals surface area contributed by atoms with Gasteiger partial charge in [0.25, 0.3) is 0 Å². The van der Waals surface area contributed by atoms with E-state index in [1.807, 2.05) is 6.07 Å². The van der Waals surface area contributed by atoms with E-state index in [-0.39, 0.29) is 17.3 Å². The molecule has 0 saturated carbocycles. The maximum atomic E-state index is 12.3. The SMILES string of the molecule is O=C1/C(=C\c2ccc3c(c2)OCCO3)Oc2cc(O)ccc21. The number of phenols is 1. The second-order valence-corrected chi connectivity index (χ2v) is 5.02. The molecule has 5 nitrogen and oxygen atoms in total. The highest BCUT2D eigenvalue weighted by Crippen LogP contribution is 2.36. The normalized spacial score (nSPS) is 17.3. The van der Waals surface area contributed by atoms with Crippen LogP contribution in [0.5, 0.6) is 23.0 Å². The molecule has 0 atom stereocenters. The van der Waals surface area contributed by atoms with Gasteiger partial charge in [-0.05, 0) is 35.9 Å². The highest BCUT2D eigenvalue weighted by molar-refractivity contribution is 6.14. The Kier molecular flexibility index (Phi) is 2.79. The Morgan fingerprint density at radius 3 is 2.64 bits per heavy atom. The summed E-state index contributed by atoms with van der Waals surface area (Å²) in [5.41, 5.74) is 1.23. The lowest BCUT2D eigenvalue weighted by Crippen LogP contribution is -2.15. The van der Waals surface area contributed by atoms with Gasteiger partial charge in [0, 0.05) is 6.07 Å². The minimum absolute atomic E-state index is 0.0622. The van der Waals surface area contributed by atoms with Crippen LogP contribution in [0.3, 0.4) is 0 Å². The molecular formula is C17H12O5. The molecule has 22 heavy (non-hydrogen) atoms. The summed E-state index contributed by atoms with van der Waals surface area (Å²) < 4.78 is 16.5. The third-order valence-electron chi connectivity index (χ3n) is 3.52. The van der Waals surface area contributed by atoms with Crippen molar-refractivity contribution in [2.75, 3.05) is 13.2 Å². The number of carbonyl (C=O) groups is 1. The molecule has 0 fully saturated rings. The summed E-state index contributed by atoms with van der Waals surface area (Å²) in [5.74, 6) is 1.80. The quantitative estimate of drug-likeness (QED) is 0.820. The summed E-state index contributed by atoms with van der Waals surface area (Å²) >= 11 is 0. The van der Waals surface area contributed by atoms with Gasteiger partial charge in [-0.25, -0.2) is 0 Å². The zero-order chi connectivity index (χ0) is 15.1. The van der Waals surface area contributed by atoms with Gasteiger partial charge < -0.3 is 19.3 Å². The molecule has 0 radical (unpaired) electrons. The first-order valence-corrected chi connectivity index (χ1v) is 6.87. The number of ketones is 1. The zero-order valence-electron chi connectivity index (χ0n) is 11.5. The minimum Gasteiger partial charge on any atom is -0.508 e. The van der Waals surface area contributed by atoms with Gasteiger partial charge in [-0.2, -0.15) is 0 Å². The van der Waals surface area contributed by atoms with Gasteiger partial charge in [-0.1, -0.05) is 6.07 Å². The molecule has 0 amide bonds. The average Bonchev–Trinajstić information content (AvgIpc) is 2.82. The number of benzene rings is 2. The first-order chi connectivity index (χ1) is 10.7. The summed E-state index contributed by atoms with van der Waals surface area (Å²) in [4.78, 5) is 12.3. The van der Waals surface area contributed by atoms with E-state index < -0.39 is 0 Å². The van der Waals surface area contributed by atoms with E-state index in [0.29, 0.717) is 36.0 Å². The van der Waals surface area contributed by atoms with Crippen LogP contribution in [0.25, 0.3) is 6.08 Å². The highest BCUT2D eigenvalue weighted by Gasteiger charge is 2.27. The van der Waals surface area contributed by atoms with Crippen LogP contribution >= 0.6 is 0 Å².